The quantitative estimate of drug-likeness (QED) is 0.604. The van der Waals surface area contributed by atoms with Gasteiger partial charge in [-0.2, -0.15) is 0 Å². The van der Waals surface area contributed by atoms with Gasteiger partial charge in [0, 0.05) is 5.92 Å². The first-order valence-corrected chi connectivity index (χ1v) is 8.74. The molecule has 0 aliphatic heterocycles. The third-order valence-corrected chi connectivity index (χ3v) is 4.69. The molecule has 4 nitrogen and oxygen atoms in total. The van der Waals surface area contributed by atoms with Crippen molar-refractivity contribution in [3.63, 3.8) is 0 Å². The lowest BCUT2D eigenvalue weighted by molar-refractivity contribution is -0.151. The second-order valence-electron chi connectivity index (χ2n) is 6.25. The van der Waals surface area contributed by atoms with Crippen LogP contribution in [-0.2, 0) is 14.3 Å². The fourth-order valence-corrected chi connectivity index (χ4v) is 3.40. The summed E-state index contributed by atoms with van der Waals surface area (Å²) in [5.41, 5.74) is 2.85. The molecular weight excluding hydrogens is 328 g/mol. The van der Waals surface area contributed by atoms with E-state index in [0.717, 1.165) is 22.4 Å². The summed E-state index contributed by atoms with van der Waals surface area (Å²) in [5.74, 6) is -0.907. The number of ether oxygens (including phenoxy) is 2. The highest BCUT2D eigenvalue weighted by atomic mass is 16.5. The van der Waals surface area contributed by atoms with Gasteiger partial charge < -0.3 is 9.47 Å². The molecule has 0 N–H and O–H groups in total. The molecule has 1 aliphatic rings. The van der Waals surface area contributed by atoms with Gasteiger partial charge in [-0.1, -0.05) is 42.5 Å². The van der Waals surface area contributed by atoms with Gasteiger partial charge in [0.1, 0.15) is 11.7 Å². The molecule has 2 aromatic carbocycles. The molecule has 2 aromatic rings. The van der Waals surface area contributed by atoms with Crippen LogP contribution in [0.2, 0.25) is 0 Å². The van der Waals surface area contributed by atoms with E-state index in [1.807, 2.05) is 54.6 Å². The molecule has 0 radical (unpaired) electrons. The molecule has 0 heterocycles. The average molecular weight is 350 g/mol. The Bertz CT molecular complexity index is 806. The van der Waals surface area contributed by atoms with Crippen LogP contribution < -0.4 is 4.74 Å². The van der Waals surface area contributed by atoms with Gasteiger partial charge in [-0.15, -0.1) is 0 Å². The zero-order valence-electron chi connectivity index (χ0n) is 15.0. The number of allylic oxidation sites excluding steroid dienone is 2. The first-order valence-electron chi connectivity index (χ1n) is 8.74. The van der Waals surface area contributed by atoms with Crippen molar-refractivity contribution in [2.75, 3.05) is 13.7 Å². The molecule has 2 atom stereocenters. The van der Waals surface area contributed by atoms with Gasteiger partial charge in [-0.25, -0.2) is 0 Å². The van der Waals surface area contributed by atoms with Crippen LogP contribution in [0.1, 0.15) is 30.4 Å². The Morgan fingerprint density at radius 1 is 1.08 bits per heavy atom. The van der Waals surface area contributed by atoms with Crippen LogP contribution in [0.5, 0.6) is 5.75 Å². The van der Waals surface area contributed by atoms with Crippen molar-refractivity contribution in [1.29, 1.82) is 0 Å². The van der Waals surface area contributed by atoms with E-state index in [1.54, 1.807) is 20.1 Å². The number of carbonyl (C=O) groups excluding carboxylic acids is 2. The van der Waals surface area contributed by atoms with Gasteiger partial charge in [0.2, 0.25) is 0 Å². The maximum absolute atomic E-state index is 12.8. The number of rotatable bonds is 5. The molecule has 4 heteroatoms. The third kappa shape index (κ3) is 3.69. The highest BCUT2D eigenvalue weighted by Crippen LogP contribution is 2.40. The number of benzene rings is 2. The maximum Gasteiger partial charge on any atom is 0.317 e. The summed E-state index contributed by atoms with van der Waals surface area (Å²) in [4.78, 5) is 25.2. The summed E-state index contributed by atoms with van der Waals surface area (Å²) in [5, 5.41) is 0. The highest BCUT2D eigenvalue weighted by molar-refractivity contribution is 6.10. The maximum atomic E-state index is 12.8. The van der Waals surface area contributed by atoms with E-state index in [0.29, 0.717) is 6.42 Å². The number of methoxy groups -OCH3 is 1. The van der Waals surface area contributed by atoms with E-state index in [-0.39, 0.29) is 18.3 Å². The van der Waals surface area contributed by atoms with Gasteiger partial charge in [0.25, 0.3) is 0 Å². The van der Waals surface area contributed by atoms with Crippen molar-refractivity contribution < 1.29 is 19.1 Å². The van der Waals surface area contributed by atoms with Crippen molar-refractivity contribution in [3.8, 4) is 5.75 Å². The monoisotopic (exact) mass is 350 g/mol. The van der Waals surface area contributed by atoms with Crippen molar-refractivity contribution in [2.24, 2.45) is 5.92 Å². The molecule has 134 valence electrons. The number of esters is 1. The minimum atomic E-state index is -0.792. The molecule has 0 saturated heterocycles. The summed E-state index contributed by atoms with van der Waals surface area (Å²) in [6.07, 6.45) is 2.19. The summed E-state index contributed by atoms with van der Waals surface area (Å²) in [6.45, 7) is 2.01. The van der Waals surface area contributed by atoms with Crippen molar-refractivity contribution >= 4 is 17.3 Å². The fourth-order valence-electron chi connectivity index (χ4n) is 3.40. The summed E-state index contributed by atoms with van der Waals surface area (Å²) >= 11 is 0. The van der Waals surface area contributed by atoms with Crippen LogP contribution in [0.3, 0.4) is 0 Å². The molecule has 0 aromatic heterocycles. The number of ketones is 1. The molecule has 0 amide bonds. The first-order chi connectivity index (χ1) is 12.6. The lowest BCUT2D eigenvalue weighted by atomic mass is 9.73. The molecule has 0 spiro atoms. The van der Waals surface area contributed by atoms with Gasteiger partial charge in [0.05, 0.1) is 13.7 Å². The van der Waals surface area contributed by atoms with Gasteiger partial charge in [0.15, 0.2) is 5.78 Å². The lowest BCUT2D eigenvalue weighted by Gasteiger charge is -2.29. The number of carbonyl (C=O) groups is 2. The van der Waals surface area contributed by atoms with E-state index < -0.39 is 11.9 Å². The second-order valence-corrected chi connectivity index (χ2v) is 6.25. The van der Waals surface area contributed by atoms with Crippen molar-refractivity contribution in [1.82, 2.24) is 0 Å². The van der Waals surface area contributed by atoms with Crippen LogP contribution in [0.4, 0.5) is 0 Å². The molecule has 3 rings (SSSR count). The predicted molar refractivity (Wildman–Crippen MR) is 99.9 cm³/mol. The zero-order chi connectivity index (χ0) is 18.5. The summed E-state index contributed by atoms with van der Waals surface area (Å²) < 4.78 is 10.4. The minimum Gasteiger partial charge on any atom is -0.497 e. The molecule has 0 unspecified atom stereocenters. The number of hydrogen-bond donors (Lipinski definition) is 0. The Kier molecular flexibility index (Phi) is 5.52. The highest BCUT2D eigenvalue weighted by Gasteiger charge is 2.39. The molecule has 26 heavy (non-hydrogen) atoms. The van der Waals surface area contributed by atoms with Crippen LogP contribution >= 0.6 is 0 Å². The summed E-state index contributed by atoms with van der Waals surface area (Å²) in [6, 6.07) is 17.3. The molecule has 1 aliphatic carbocycles. The first kappa shape index (κ1) is 17.9. The van der Waals surface area contributed by atoms with Crippen molar-refractivity contribution in [3.05, 3.63) is 71.8 Å². The Labute approximate surface area is 153 Å². The Hall–Kier alpha value is -2.88. The molecule has 0 fully saturated rings. The van der Waals surface area contributed by atoms with Crippen LogP contribution in [-0.4, -0.2) is 25.5 Å². The SMILES string of the molecule is CCOC(=O)[C@@H]1C(=O)C=C(c2ccc(OC)cc2)C[C@H]1c1ccccc1. The van der Waals surface area contributed by atoms with Gasteiger partial charge in [-0.05, 0) is 48.3 Å². The Morgan fingerprint density at radius 3 is 2.38 bits per heavy atom. The average Bonchev–Trinajstić information content (AvgIpc) is 2.68. The van der Waals surface area contributed by atoms with Crippen LogP contribution in [0.15, 0.2) is 60.7 Å². The van der Waals surface area contributed by atoms with E-state index in [2.05, 4.69) is 0 Å². The standard InChI is InChI=1S/C22H22O4/c1-3-26-22(24)21-19(16-7-5-4-6-8-16)13-17(14-20(21)23)15-9-11-18(25-2)12-10-15/h4-12,14,19,21H,3,13H2,1-2H3/t19-,21-/m0/s1. The normalized spacial score (nSPS) is 19.6. The lowest BCUT2D eigenvalue weighted by Crippen LogP contribution is -2.34. The molecule has 0 saturated carbocycles. The van der Waals surface area contributed by atoms with E-state index in [4.69, 9.17) is 9.47 Å². The van der Waals surface area contributed by atoms with Crippen molar-refractivity contribution in [2.45, 2.75) is 19.3 Å². The molecule has 0 bridgehead atoms. The zero-order valence-corrected chi connectivity index (χ0v) is 15.0. The van der Waals surface area contributed by atoms with Gasteiger partial charge in [-0.3, -0.25) is 9.59 Å². The Morgan fingerprint density at radius 2 is 1.77 bits per heavy atom. The Balaban J connectivity index is 1.98. The third-order valence-electron chi connectivity index (χ3n) is 4.69. The number of hydrogen-bond acceptors (Lipinski definition) is 4. The fraction of sp³-hybridized carbons (Fsp3) is 0.273. The smallest absolute Gasteiger partial charge is 0.317 e. The minimum absolute atomic E-state index is 0.200. The van der Waals surface area contributed by atoms with Crippen LogP contribution in [0.25, 0.3) is 5.57 Å². The van der Waals surface area contributed by atoms with Crippen LogP contribution in [0, 0.1) is 5.92 Å². The van der Waals surface area contributed by atoms with Gasteiger partial charge >= 0.3 is 5.97 Å². The van der Waals surface area contributed by atoms with E-state index in [9.17, 15) is 9.59 Å². The summed E-state index contributed by atoms with van der Waals surface area (Å²) in [7, 11) is 1.62. The second kappa shape index (κ2) is 8.00. The molecular formula is C22H22O4. The predicted octanol–water partition coefficient (Wildman–Crippen LogP) is 4.01. The van der Waals surface area contributed by atoms with E-state index in [1.165, 1.54) is 0 Å². The largest absolute Gasteiger partial charge is 0.497 e. The van der Waals surface area contributed by atoms with E-state index >= 15 is 0 Å². The topological polar surface area (TPSA) is 52.6 Å².